The van der Waals surface area contributed by atoms with Gasteiger partial charge in [-0.25, -0.2) is 0 Å². The van der Waals surface area contributed by atoms with Gasteiger partial charge in [0.25, 0.3) is 0 Å². The average molecular weight is 379 g/mol. The first kappa shape index (κ1) is 17.6. The predicted octanol–water partition coefficient (Wildman–Crippen LogP) is 8.50. The summed E-state index contributed by atoms with van der Waals surface area (Å²) < 4.78 is 2.62. The maximum atomic E-state index is 6.18. The number of hydrogen-bond acceptors (Lipinski definition) is 1. The molecule has 0 aliphatic carbocycles. The van der Waals surface area contributed by atoms with Crippen molar-refractivity contribution in [3.63, 3.8) is 0 Å². The highest BCUT2D eigenvalue weighted by Gasteiger charge is 2.07. The van der Waals surface area contributed by atoms with Gasteiger partial charge in [-0.3, -0.25) is 0 Å². The Balaban J connectivity index is 1.59. The van der Waals surface area contributed by atoms with Crippen LogP contribution in [0.1, 0.15) is 38.2 Å². The van der Waals surface area contributed by atoms with E-state index in [1.165, 1.54) is 69.0 Å². The van der Waals surface area contributed by atoms with Crippen molar-refractivity contribution in [3.05, 3.63) is 71.2 Å². The molecule has 0 aliphatic rings. The molecule has 0 aliphatic heterocycles. The summed E-state index contributed by atoms with van der Waals surface area (Å²) in [6, 6.07) is 22.0. The second-order valence-electron chi connectivity index (χ2n) is 6.96. The number of unbranched alkanes of at least 4 members (excludes halogenated alkanes) is 3. The van der Waals surface area contributed by atoms with E-state index in [0.29, 0.717) is 0 Å². The quantitative estimate of drug-likeness (QED) is 0.295. The topological polar surface area (TPSA) is 0 Å². The summed E-state index contributed by atoms with van der Waals surface area (Å²) in [5.41, 5.74) is 4.02. The fourth-order valence-corrected chi connectivity index (χ4v) is 4.85. The number of benzene rings is 3. The van der Waals surface area contributed by atoms with Crippen LogP contribution in [-0.4, -0.2) is 0 Å². The van der Waals surface area contributed by atoms with Crippen LogP contribution in [0.25, 0.3) is 31.3 Å². The summed E-state index contributed by atoms with van der Waals surface area (Å²) in [4.78, 5) is 0. The Bertz CT molecular complexity index is 1030. The highest BCUT2D eigenvalue weighted by Crippen LogP contribution is 2.37. The fourth-order valence-electron chi connectivity index (χ4n) is 3.55. The van der Waals surface area contributed by atoms with Crippen molar-refractivity contribution in [2.24, 2.45) is 0 Å². The fraction of sp³-hybridized carbons (Fsp3) is 0.250. The average Bonchev–Trinajstić information content (AvgIpc) is 3.03. The molecule has 2 heteroatoms. The van der Waals surface area contributed by atoms with Gasteiger partial charge in [-0.1, -0.05) is 74.2 Å². The van der Waals surface area contributed by atoms with Gasteiger partial charge in [0, 0.05) is 25.2 Å². The van der Waals surface area contributed by atoms with Crippen molar-refractivity contribution >= 4 is 43.1 Å². The minimum atomic E-state index is 0.802. The first-order chi connectivity index (χ1) is 12.7. The Hall–Kier alpha value is -1.83. The Morgan fingerprint density at radius 3 is 2.35 bits per heavy atom. The molecule has 0 saturated heterocycles. The number of aryl methyl sites for hydroxylation is 1. The van der Waals surface area contributed by atoms with Crippen molar-refractivity contribution in [1.29, 1.82) is 0 Å². The van der Waals surface area contributed by atoms with Gasteiger partial charge in [0.15, 0.2) is 0 Å². The minimum Gasteiger partial charge on any atom is -0.135 e. The molecule has 0 bridgehead atoms. The van der Waals surface area contributed by atoms with Crippen LogP contribution < -0.4 is 0 Å². The third kappa shape index (κ3) is 3.65. The van der Waals surface area contributed by atoms with Crippen molar-refractivity contribution in [2.75, 3.05) is 0 Å². The number of hydrogen-bond donors (Lipinski definition) is 0. The normalized spacial score (nSPS) is 11.5. The molecule has 132 valence electrons. The van der Waals surface area contributed by atoms with E-state index in [9.17, 15) is 0 Å². The summed E-state index contributed by atoms with van der Waals surface area (Å²) in [5, 5.41) is 3.35. The molecule has 1 heterocycles. The second kappa shape index (κ2) is 7.82. The molecule has 1 aromatic heterocycles. The zero-order valence-corrected chi connectivity index (χ0v) is 16.7. The predicted molar refractivity (Wildman–Crippen MR) is 118 cm³/mol. The second-order valence-corrected chi connectivity index (χ2v) is 8.48. The first-order valence-electron chi connectivity index (χ1n) is 9.46. The van der Waals surface area contributed by atoms with Gasteiger partial charge in [-0.05, 0) is 53.8 Å². The summed E-state index contributed by atoms with van der Waals surface area (Å²) in [5.74, 6) is 0. The third-order valence-electron chi connectivity index (χ3n) is 5.04. The van der Waals surface area contributed by atoms with E-state index >= 15 is 0 Å². The number of thiophene rings is 1. The Labute approximate surface area is 164 Å². The maximum Gasteiger partial charge on any atom is 0.0413 e. The minimum absolute atomic E-state index is 0.802. The van der Waals surface area contributed by atoms with E-state index in [1.807, 2.05) is 17.4 Å². The van der Waals surface area contributed by atoms with Gasteiger partial charge in [0.1, 0.15) is 0 Å². The van der Waals surface area contributed by atoms with E-state index in [-0.39, 0.29) is 0 Å². The smallest absolute Gasteiger partial charge is 0.0413 e. The molecule has 0 saturated carbocycles. The lowest BCUT2D eigenvalue weighted by atomic mass is 10.00. The first-order valence-corrected chi connectivity index (χ1v) is 10.6. The molecule has 26 heavy (non-hydrogen) atoms. The van der Waals surface area contributed by atoms with Crippen molar-refractivity contribution in [3.8, 4) is 11.1 Å². The van der Waals surface area contributed by atoms with Crippen molar-refractivity contribution < 1.29 is 0 Å². The summed E-state index contributed by atoms with van der Waals surface area (Å²) in [7, 11) is 0. The highest BCUT2D eigenvalue weighted by atomic mass is 35.5. The van der Waals surface area contributed by atoms with E-state index in [0.717, 1.165) is 5.02 Å². The lowest BCUT2D eigenvalue weighted by molar-refractivity contribution is 0.667. The van der Waals surface area contributed by atoms with Crippen LogP contribution in [0.15, 0.2) is 60.7 Å². The monoisotopic (exact) mass is 378 g/mol. The lowest BCUT2D eigenvalue weighted by Crippen LogP contribution is -1.86. The Morgan fingerprint density at radius 1 is 0.731 bits per heavy atom. The molecule has 0 spiro atoms. The zero-order chi connectivity index (χ0) is 17.9. The lowest BCUT2D eigenvalue weighted by Gasteiger charge is -2.05. The number of fused-ring (bicyclic) bond motifs is 3. The molecule has 0 N–H and O–H groups in total. The van der Waals surface area contributed by atoms with E-state index in [2.05, 4.69) is 61.5 Å². The van der Waals surface area contributed by atoms with Gasteiger partial charge in [-0.15, -0.1) is 11.3 Å². The Morgan fingerprint density at radius 2 is 1.54 bits per heavy atom. The molecule has 0 amide bonds. The largest absolute Gasteiger partial charge is 0.135 e. The molecule has 4 rings (SSSR count). The molecular weight excluding hydrogens is 356 g/mol. The van der Waals surface area contributed by atoms with Crippen LogP contribution in [-0.2, 0) is 6.42 Å². The van der Waals surface area contributed by atoms with Gasteiger partial charge >= 0.3 is 0 Å². The van der Waals surface area contributed by atoms with Crippen LogP contribution in [0.4, 0.5) is 0 Å². The number of halogens is 1. The van der Waals surface area contributed by atoms with E-state index in [1.54, 1.807) is 0 Å². The van der Waals surface area contributed by atoms with Gasteiger partial charge < -0.3 is 0 Å². The highest BCUT2D eigenvalue weighted by molar-refractivity contribution is 7.25. The van der Waals surface area contributed by atoms with Gasteiger partial charge in [-0.2, -0.15) is 0 Å². The van der Waals surface area contributed by atoms with Crippen LogP contribution in [0.5, 0.6) is 0 Å². The maximum absolute atomic E-state index is 6.18. The van der Waals surface area contributed by atoms with Gasteiger partial charge in [0.05, 0.1) is 0 Å². The van der Waals surface area contributed by atoms with E-state index < -0.39 is 0 Å². The van der Waals surface area contributed by atoms with Crippen LogP contribution in [0, 0.1) is 0 Å². The Kier molecular flexibility index (Phi) is 5.28. The summed E-state index contributed by atoms with van der Waals surface area (Å²) >= 11 is 8.02. The van der Waals surface area contributed by atoms with Crippen molar-refractivity contribution in [2.45, 2.75) is 39.0 Å². The van der Waals surface area contributed by atoms with Crippen LogP contribution in [0.2, 0.25) is 5.02 Å². The standard InChI is InChI=1S/C24H23ClS/c1-2-3-4-5-6-17-7-9-18(10-8-17)19-11-13-21-22-16-20(25)12-14-23(22)26-24(21)15-19/h7-16H,2-6H2,1H3. The molecule has 0 radical (unpaired) electrons. The molecule has 0 atom stereocenters. The zero-order valence-electron chi connectivity index (χ0n) is 15.1. The molecule has 0 fully saturated rings. The van der Waals surface area contributed by atoms with Crippen LogP contribution >= 0.6 is 22.9 Å². The third-order valence-corrected chi connectivity index (χ3v) is 6.41. The van der Waals surface area contributed by atoms with E-state index in [4.69, 9.17) is 11.6 Å². The number of rotatable bonds is 6. The molecular formula is C24H23ClS. The summed E-state index contributed by atoms with van der Waals surface area (Å²) in [6.45, 7) is 2.26. The molecule has 4 aromatic rings. The van der Waals surface area contributed by atoms with Gasteiger partial charge in [0.2, 0.25) is 0 Å². The summed E-state index contributed by atoms with van der Waals surface area (Å²) in [6.07, 6.45) is 6.47. The van der Waals surface area contributed by atoms with Crippen molar-refractivity contribution in [1.82, 2.24) is 0 Å². The molecule has 0 unspecified atom stereocenters. The SMILES string of the molecule is CCCCCCc1ccc(-c2ccc3c(c2)sc2ccc(Cl)cc23)cc1. The molecule has 0 nitrogen and oxygen atoms in total. The molecule has 3 aromatic carbocycles. The van der Waals surface area contributed by atoms with Crippen LogP contribution in [0.3, 0.4) is 0 Å².